The number of morpholine rings is 1. The van der Waals surface area contributed by atoms with E-state index in [0.29, 0.717) is 50.3 Å². The summed E-state index contributed by atoms with van der Waals surface area (Å²) in [6.07, 6.45) is 3.05. The molecular formula is C30H33FN6O2S. The number of halogens is 1. The molecule has 3 fully saturated rings. The lowest BCUT2D eigenvalue weighted by molar-refractivity contribution is 0.00317. The Morgan fingerprint density at radius 3 is 2.60 bits per heavy atom. The van der Waals surface area contributed by atoms with E-state index in [2.05, 4.69) is 41.0 Å². The van der Waals surface area contributed by atoms with Crippen LogP contribution in [0.1, 0.15) is 28.1 Å². The second-order valence-electron chi connectivity index (χ2n) is 11.0. The number of rotatable bonds is 5. The van der Waals surface area contributed by atoms with Crippen LogP contribution < -0.4 is 4.90 Å². The quantitative estimate of drug-likeness (QED) is 0.357. The SMILES string of the molecule is Cc1cccc(-c2ccn(-c3cc(N4CCOCC4)c4sc(C(=O)N5CCC(N6CC(F)C6)CC5)cc4n3)n2)c1. The average molecular weight is 561 g/mol. The van der Waals surface area contributed by atoms with Crippen molar-refractivity contribution in [1.82, 2.24) is 24.6 Å². The maximum absolute atomic E-state index is 13.6. The number of alkyl halides is 1. The lowest BCUT2D eigenvalue weighted by Crippen LogP contribution is -2.56. The van der Waals surface area contributed by atoms with Crippen LogP contribution >= 0.6 is 11.3 Å². The number of benzene rings is 1. The first kappa shape index (κ1) is 25.6. The fourth-order valence-corrected chi connectivity index (χ4v) is 7.12. The molecule has 0 N–H and O–H groups in total. The van der Waals surface area contributed by atoms with Crippen molar-refractivity contribution in [2.24, 2.45) is 0 Å². The van der Waals surface area contributed by atoms with Gasteiger partial charge in [0.05, 0.1) is 39.7 Å². The zero-order chi connectivity index (χ0) is 27.2. The first-order valence-corrected chi connectivity index (χ1v) is 14.9. The van der Waals surface area contributed by atoms with Crippen LogP contribution in [0.5, 0.6) is 0 Å². The third-order valence-electron chi connectivity index (χ3n) is 8.28. The number of piperidine rings is 1. The number of carbonyl (C=O) groups is 1. The van der Waals surface area contributed by atoms with E-state index in [1.165, 1.54) is 16.9 Å². The van der Waals surface area contributed by atoms with Crippen molar-refractivity contribution < 1.29 is 13.9 Å². The van der Waals surface area contributed by atoms with Crippen LogP contribution in [0.25, 0.3) is 27.3 Å². The van der Waals surface area contributed by atoms with Gasteiger partial charge in [-0.05, 0) is 38.0 Å². The number of aryl methyl sites for hydroxylation is 1. The van der Waals surface area contributed by atoms with Crippen LogP contribution in [-0.4, -0.2) is 95.2 Å². The normalized spacial score (nSPS) is 19.4. The van der Waals surface area contributed by atoms with E-state index in [1.54, 1.807) is 0 Å². The molecule has 1 amide bonds. The highest BCUT2D eigenvalue weighted by molar-refractivity contribution is 7.21. The number of likely N-dealkylation sites (tertiary alicyclic amines) is 2. The van der Waals surface area contributed by atoms with E-state index >= 15 is 0 Å². The van der Waals surface area contributed by atoms with E-state index in [1.807, 2.05) is 34.0 Å². The Kier molecular flexibility index (Phi) is 6.77. The summed E-state index contributed by atoms with van der Waals surface area (Å²) in [5.74, 6) is 0.787. The number of amides is 1. The van der Waals surface area contributed by atoms with Crippen LogP contribution in [0.15, 0.2) is 48.7 Å². The molecule has 40 heavy (non-hydrogen) atoms. The van der Waals surface area contributed by atoms with Gasteiger partial charge in [0.2, 0.25) is 0 Å². The van der Waals surface area contributed by atoms with Gasteiger partial charge in [-0.1, -0.05) is 23.8 Å². The van der Waals surface area contributed by atoms with Crippen molar-refractivity contribution in [2.45, 2.75) is 32.0 Å². The number of pyridine rings is 1. The van der Waals surface area contributed by atoms with Crippen molar-refractivity contribution in [1.29, 1.82) is 0 Å². The molecule has 0 bridgehead atoms. The fourth-order valence-electron chi connectivity index (χ4n) is 6.01. The third-order valence-corrected chi connectivity index (χ3v) is 9.41. The predicted molar refractivity (Wildman–Crippen MR) is 155 cm³/mol. The molecule has 0 aliphatic carbocycles. The Bertz CT molecular complexity index is 1530. The molecule has 3 aliphatic heterocycles. The number of carbonyl (C=O) groups excluding carboxylic acids is 1. The van der Waals surface area contributed by atoms with Crippen LogP contribution in [-0.2, 0) is 4.74 Å². The van der Waals surface area contributed by atoms with Gasteiger partial charge in [0.15, 0.2) is 5.82 Å². The Labute approximate surface area is 237 Å². The highest BCUT2D eigenvalue weighted by Crippen LogP contribution is 2.36. The van der Waals surface area contributed by atoms with Gasteiger partial charge in [0.25, 0.3) is 5.91 Å². The lowest BCUT2D eigenvalue weighted by atomic mass is 9.99. The van der Waals surface area contributed by atoms with Gasteiger partial charge in [-0.25, -0.2) is 14.1 Å². The second kappa shape index (κ2) is 10.6. The number of thiophene rings is 1. The number of nitrogens with zero attached hydrogens (tertiary/aromatic N) is 6. The number of fused-ring (bicyclic) bond motifs is 1. The average Bonchev–Trinajstić information content (AvgIpc) is 3.63. The number of aromatic nitrogens is 3. The van der Waals surface area contributed by atoms with Gasteiger partial charge in [-0.2, -0.15) is 5.10 Å². The molecule has 0 unspecified atom stereocenters. The molecule has 1 aromatic carbocycles. The Morgan fingerprint density at radius 1 is 1.05 bits per heavy atom. The van der Waals surface area contributed by atoms with Gasteiger partial charge in [0.1, 0.15) is 6.17 Å². The molecule has 6 heterocycles. The largest absolute Gasteiger partial charge is 0.378 e. The third kappa shape index (κ3) is 4.88. The molecule has 0 radical (unpaired) electrons. The first-order valence-electron chi connectivity index (χ1n) is 14.1. The standard InChI is InChI=1S/C30H33FN6O2S/c1-20-3-2-4-21(15-20)24-7-10-37(33-24)28-17-26(34-11-13-39-14-12-34)29-25(32-28)16-27(40-29)30(38)35-8-5-23(6-9-35)36-18-22(31)19-36/h2-4,7,10,15-17,22-23H,5-6,8-9,11-14,18-19H2,1H3. The summed E-state index contributed by atoms with van der Waals surface area (Å²) in [6, 6.07) is 14.7. The Hall–Kier alpha value is -3.34. The molecule has 208 valence electrons. The minimum Gasteiger partial charge on any atom is -0.378 e. The molecule has 3 aliphatic rings. The highest BCUT2D eigenvalue weighted by atomic mass is 32.1. The van der Waals surface area contributed by atoms with Crippen molar-refractivity contribution in [3.63, 3.8) is 0 Å². The molecule has 4 aromatic rings. The minimum absolute atomic E-state index is 0.0590. The molecule has 0 spiro atoms. The molecule has 8 nitrogen and oxygen atoms in total. The monoisotopic (exact) mass is 560 g/mol. The number of hydrogen-bond donors (Lipinski definition) is 0. The summed E-state index contributed by atoms with van der Waals surface area (Å²) in [5, 5.41) is 4.85. The maximum atomic E-state index is 13.6. The summed E-state index contributed by atoms with van der Waals surface area (Å²) in [6.45, 7) is 7.48. The van der Waals surface area contributed by atoms with Crippen molar-refractivity contribution in [2.75, 3.05) is 57.4 Å². The van der Waals surface area contributed by atoms with Gasteiger partial charge < -0.3 is 14.5 Å². The smallest absolute Gasteiger partial charge is 0.264 e. The van der Waals surface area contributed by atoms with Crippen LogP contribution in [0.2, 0.25) is 0 Å². The maximum Gasteiger partial charge on any atom is 0.264 e. The summed E-state index contributed by atoms with van der Waals surface area (Å²) in [5.41, 5.74) is 5.03. The molecule has 3 saturated heterocycles. The number of hydrogen-bond acceptors (Lipinski definition) is 7. The zero-order valence-electron chi connectivity index (χ0n) is 22.6. The predicted octanol–water partition coefficient (Wildman–Crippen LogP) is 4.55. The van der Waals surface area contributed by atoms with Crippen LogP contribution in [0.4, 0.5) is 10.1 Å². The number of ether oxygens (including phenoxy) is 1. The molecule has 3 aromatic heterocycles. The summed E-state index contributed by atoms with van der Waals surface area (Å²) in [7, 11) is 0. The molecular weight excluding hydrogens is 527 g/mol. The van der Waals surface area contributed by atoms with E-state index in [0.717, 1.165) is 58.9 Å². The minimum atomic E-state index is -0.688. The summed E-state index contributed by atoms with van der Waals surface area (Å²) in [4.78, 5) is 25.8. The van der Waals surface area contributed by atoms with E-state index in [9.17, 15) is 9.18 Å². The summed E-state index contributed by atoms with van der Waals surface area (Å²) < 4.78 is 21.8. The van der Waals surface area contributed by atoms with E-state index < -0.39 is 6.17 Å². The Balaban J connectivity index is 1.18. The van der Waals surface area contributed by atoms with Crippen molar-refractivity contribution in [3.05, 3.63) is 59.1 Å². The molecule has 0 saturated carbocycles. The van der Waals surface area contributed by atoms with Gasteiger partial charge >= 0.3 is 0 Å². The Morgan fingerprint density at radius 2 is 1.85 bits per heavy atom. The van der Waals surface area contributed by atoms with Gasteiger partial charge in [-0.15, -0.1) is 11.3 Å². The van der Waals surface area contributed by atoms with E-state index in [-0.39, 0.29) is 5.91 Å². The topological polar surface area (TPSA) is 66.7 Å². The number of anilines is 1. The fraction of sp³-hybridized carbons (Fsp3) is 0.433. The van der Waals surface area contributed by atoms with Crippen LogP contribution in [0, 0.1) is 6.92 Å². The van der Waals surface area contributed by atoms with Gasteiger partial charge in [0, 0.05) is 63.1 Å². The zero-order valence-corrected chi connectivity index (χ0v) is 23.4. The van der Waals surface area contributed by atoms with Crippen molar-refractivity contribution >= 4 is 33.1 Å². The molecule has 0 atom stereocenters. The van der Waals surface area contributed by atoms with Gasteiger partial charge in [-0.3, -0.25) is 9.69 Å². The molecule has 7 rings (SSSR count). The van der Waals surface area contributed by atoms with Crippen molar-refractivity contribution in [3.8, 4) is 17.1 Å². The van der Waals surface area contributed by atoms with E-state index in [4.69, 9.17) is 14.8 Å². The summed E-state index contributed by atoms with van der Waals surface area (Å²) >= 11 is 1.52. The second-order valence-corrected chi connectivity index (χ2v) is 12.1. The highest BCUT2D eigenvalue weighted by Gasteiger charge is 2.35. The first-order chi connectivity index (χ1) is 19.5. The van der Waals surface area contributed by atoms with Crippen LogP contribution in [0.3, 0.4) is 0 Å². The molecule has 10 heteroatoms. The lowest BCUT2D eigenvalue weighted by Gasteiger charge is -2.44.